The van der Waals surface area contributed by atoms with Crippen LogP contribution in [0.4, 0.5) is 0 Å². The van der Waals surface area contributed by atoms with Crippen LogP contribution in [0, 0.1) is 5.92 Å². The second-order valence-corrected chi connectivity index (χ2v) is 6.14. The van der Waals surface area contributed by atoms with Gasteiger partial charge < -0.3 is 10.2 Å². The molecule has 4 nitrogen and oxygen atoms in total. The zero-order valence-electron chi connectivity index (χ0n) is 14.2. The average Bonchev–Trinajstić information content (AvgIpc) is 2.50. The van der Waals surface area contributed by atoms with E-state index >= 15 is 0 Å². The maximum Gasteiger partial charge on any atom is 0.222 e. The third-order valence-electron chi connectivity index (χ3n) is 3.61. The second kappa shape index (κ2) is 9.36. The molecule has 122 valence electrons. The quantitative estimate of drug-likeness (QED) is 0.713. The summed E-state index contributed by atoms with van der Waals surface area (Å²) in [6.07, 6.45) is 1.56. The lowest BCUT2D eigenvalue weighted by atomic mass is 9.99. The van der Waals surface area contributed by atoms with E-state index in [0.717, 1.165) is 13.0 Å². The van der Waals surface area contributed by atoms with E-state index < -0.39 is 0 Å². The monoisotopic (exact) mass is 304 g/mol. The van der Waals surface area contributed by atoms with Gasteiger partial charge in [-0.05, 0) is 24.9 Å². The molecule has 1 aromatic carbocycles. The molecule has 1 N–H and O–H groups in total. The second-order valence-electron chi connectivity index (χ2n) is 6.14. The molecule has 0 atom stereocenters. The van der Waals surface area contributed by atoms with E-state index in [1.54, 1.807) is 11.9 Å². The van der Waals surface area contributed by atoms with Gasteiger partial charge in [-0.15, -0.1) is 0 Å². The van der Waals surface area contributed by atoms with Gasteiger partial charge in [-0.25, -0.2) is 0 Å². The molecule has 0 bridgehead atoms. The first-order valence-electron chi connectivity index (χ1n) is 7.94. The van der Waals surface area contributed by atoms with Gasteiger partial charge in [-0.2, -0.15) is 0 Å². The number of nitrogens with one attached hydrogen (secondary N) is 1. The summed E-state index contributed by atoms with van der Waals surface area (Å²) in [6.45, 7) is 5.77. The molecule has 0 aromatic heterocycles. The molecule has 4 heteroatoms. The van der Waals surface area contributed by atoms with Crippen LogP contribution >= 0.6 is 0 Å². The molecule has 0 fully saturated rings. The summed E-state index contributed by atoms with van der Waals surface area (Å²) in [5.74, 6) is 0.652. The molecule has 0 aliphatic heterocycles. The number of hydrogen-bond acceptors (Lipinski definition) is 3. The van der Waals surface area contributed by atoms with Crippen LogP contribution in [0.5, 0.6) is 0 Å². The van der Waals surface area contributed by atoms with Crippen LogP contribution in [0.3, 0.4) is 0 Å². The van der Waals surface area contributed by atoms with E-state index in [0.29, 0.717) is 18.0 Å². The van der Waals surface area contributed by atoms with Crippen LogP contribution in [0.15, 0.2) is 24.3 Å². The van der Waals surface area contributed by atoms with Crippen LogP contribution in [0.1, 0.15) is 42.6 Å². The molecule has 1 amide bonds. The molecule has 0 radical (unpaired) electrons. The van der Waals surface area contributed by atoms with Crippen molar-refractivity contribution in [3.05, 3.63) is 35.4 Å². The Morgan fingerprint density at radius 2 is 1.77 bits per heavy atom. The minimum Gasteiger partial charge on any atom is -0.344 e. The number of nitrogens with zero attached hydrogens (tertiary/aromatic N) is 1. The van der Waals surface area contributed by atoms with Gasteiger partial charge in [0.2, 0.25) is 5.91 Å². The van der Waals surface area contributed by atoms with Crippen molar-refractivity contribution in [1.82, 2.24) is 10.2 Å². The van der Waals surface area contributed by atoms with Crippen molar-refractivity contribution in [3.63, 3.8) is 0 Å². The SMILES string of the molecule is CNCCN(C)C(=O)CCC(=O)c1ccc(CC(C)C)cc1. The predicted octanol–water partition coefficient (Wildman–Crippen LogP) is 2.53. The van der Waals surface area contributed by atoms with E-state index in [2.05, 4.69) is 19.2 Å². The van der Waals surface area contributed by atoms with Crippen LogP contribution < -0.4 is 5.32 Å². The fourth-order valence-corrected chi connectivity index (χ4v) is 2.26. The zero-order chi connectivity index (χ0) is 16.5. The van der Waals surface area contributed by atoms with Gasteiger partial charge in [0, 0.05) is 38.5 Å². The molecule has 0 spiro atoms. The molecule has 1 aromatic rings. The number of hydrogen-bond donors (Lipinski definition) is 1. The van der Waals surface area contributed by atoms with Gasteiger partial charge in [0.05, 0.1) is 0 Å². The fraction of sp³-hybridized carbons (Fsp3) is 0.556. The van der Waals surface area contributed by atoms with Crippen molar-refractivity contribution in [1.29, 1.82) is 0 Å². The van der Waals surface area contributed by atoms with E-state index in [-0.39, 0.29) is 24.5 Å². The Kier molecular flexibility index (Phi) is 7.82. The Morgan fingerprint density at radius 3 is 2.32 bits per heavy atom. The lowest BCUT2D eigenvalue weighted by Crippen LogP contribution is -2.32. The number of carbonyl (C=O) groups excluding carboxylic acids is 2. The van der Waals surface area contributed by atoms with Gasteiger partial charge in [0.25, 0.3) is 0 Å². The average molecular weight is 304 g/mol. The number of likely N-dealkylation sites (N-methyl/N-ethyl adjacent to an activating group) is 2. The maximum atomic E-state index is 12.1. The van der Waals surface area contributed by atoms with Gasteiger partial charge >= 0.3 is 0 Å². The van der Waals surface area contributed by atoms with Gasteiger partial charge in [0.1, 0.15) is 0 Å². The predicted molar refractivity (Wildman–Crippen MR) is 90.1 cm³/mol. The summed E-state index contributed by atoms with van der Waals surface area (Å²) in [4.78, 5) is 25.7. The molecular formula is C18H28N2O2. The highest BCUT2D eigenvalue weighted by Crippen LogP contribution is 2.12. The van der Waals surface area contributed by atoms with Crippen LogP contribution in [0.2, 0.25) is 0 Å². The number of rotatable bonds is 9. The van der Waals surface area contributed by atoms with Crippen molar-refractivity contribution in [2.45, 2.75) is 33.1 Å². The summed E-state index contributed by atoms with van der Waals surface area (Å²) in [6, 6.07) is 7.76. The van der Waals surface area contributed by atoms with E-state index in [4.69, 9.17) is 0 Å². The Hall–Kier alpha value is -1.68. The fourth-order valence-electron chi connectivity index (χ4n) is 2.26. The summed E-state index contributed by atoms with van der Waals surface area (Å²) in [5, 5.41) is 3.00. The summed E-state index contributed by atoms with van der Waals surface area (Å²) < 4.78 is 0. The third-order valence-corrected chi connectivity index (χ3v) is 3.61. The third kappa shape index (κ3) is 6.39. The number of benzene rings is 1. The van der Waals surface area contributed by atoms with E-state index in [1.165, 1.54) is 5.56 Å². The number of carbonyl (C=O) groups is 2. The van der Waals surface area contributed by atoms with Crippen molar-refractivity contribution in [3.8, 4) is 0 Å². The summed E-state index contributed by atoms with van der Waals surface area (Å²) in [5.41, 5.74) is 1.94. The highest BCUT2D eigenvalue weighted by Gasteiger charge is 2.12. The first-order valence-corrected chi connectivity index (χ1v) is 7.94. The lowest BCUT2D eigenvalue weighted by Gasteiger charge is -2.16. The highest BCUT2D eigenvalue weighted by atomic mass is 16.2. The standard InChI is InChI=1S/C18H28N2O2/c1-14(2)13-15-5-7-16(8-6-15)17(21)9-10-18(22)20(4)12-11-19-3/h5-8,14,19H,9-13H2,1-4H3. The topological polar surface area (TPSA) is 49.4 Å². The van der Waals surface area contributed by atoms with Crippen molar-refractivity contribution in [2.75, 3.05) is 27.2 Å². The normalized spacial score (nSPS) is 10.8. The summed E-state index contributed by atoms with van der Waals surface area (Å²) >= 11 is 0. The first-order chi connectivity index (χ1) is 10.4. The van der Waals surface area contributed by atoms with Crippen LogP contribution in [-0.4, -0.2) is 43.8 Å². The smallest absolute Gasteiger partial charge is 0.222 e. The van der Waals surface area contributed by atoms with Gasteiger partial charge in [0.15, 0.2) is 5.78 Å². The number of Topliss-reactive ketones (excluding diaryl/α,β-unsaturated/α-hetero) is 1. The lowest BCUT2D eigenvalue weighted by molar-refractivity contribution is -0.129. The minimum absolute atomic E-state index is 0.0139. The molecule has 0 aliphatic carbocycles. The Bertz CT molecular complexity index is 480. The van der Waals surface area contributed by atoms with Crippen molar-refractivity contribution in [2.24, 2.45) is 5.92 Å². The zero-order valence-corrected chi connectivity index (χ0v) is 14.2. The molecule has 0 saturated carbocycles. The minimum atomic E-state index is 0.0139. The summed E-state index contributed by atoms with van der Waals surface area (Å²) in [7, 11) is 3.62. The Labute approximate surface area is 133 Å². The highest BCUT2D eigenvalue weighted by molar-refractivity contribution is 5.97. The van der Waals surface area contributed by atoms with Crippen LogP contribution in [-0.2, 0) is 11.2 Å². The van der Waals surface area contributed by atoms with Gasteiger partial charge in [-0.3, -0.25) is 9.59 Å². The van der Waals surface area contributed by atoms with Gasteiger partial charge in [-0.1, -0.05) is 38.1 Å². The van der Waals surface area contributed by atoms with Crippen LogP contribution in [0.25, 0.3) is 0 Å². The van der Waals surface area contributed by atoms with Crippen molar-refractivity contribution < 1.29 is 9.59 Å². The Morgan fingerprint density at radius 1 is 1.14 bits per heavy atom. The number of ketones is 1. The largest absolute Gasteiger partial charge is 0.344 e. The molecule has 0 unspecified atom stereocenters. The van der Waals surface area contributed by atoms with Crippen molar-refractivity contribution >= 4 is 11.7 Å². The molecule has 22 heavy (non-hydrogen) atoms. The van der Waals surface area contributed by atoms with E-state index in [9.17, 15) is 9.59 Å². The molecule has 0 saturated heterocycles. The molecular weight excluding hydrogens is 276 g/mol. The molecule has 0 heterocycles. The molecule has 0 aliphatic rings. The number of amides is 1. The molecule has 1 rings (SSSR count). The Balaban J connectivity index is 2.46. The maximum absolute atomic E-state index is 12.1. The first kappa shape index (κ1) is 18.4. The van der Waals surface area contributed by atoms with E-state index in [1.807, 2.05) is 31.3 Å².